The third-order valence-electron chi connectivity index (χ3n) is 2.61. The van der Waals surface area contributed by atoms with Crippen LogP contribution in [0.15, 0.2) is 24.3 Å². The summed E-state index contributed by atoms with van der Waals surface area (Å²) in [5, 5.41) is 0. The first-order chi connectivity index (χ1) is 8.11. The van der Waals surface area contributed by atoms with Gasteiger partial charge in [-0.15, -0.1) is 0 Å². The lowest BCUT2D eigenvalue weighted by Crippen LogP contribution is -2.38. The van der Waals surface area contributed by atoms with E-state index < -0.39 is 0 Å². The maximum absolute atomic E-state index is 5.60. The predicted octanol–water partition coefficient (Wildman–Crippen LogP) is 2.76. The SMILES string of the molecule is Cc1ccc(CC(CSCC(C)C)NN)cc1. The standard InChI is InChI=1S/C14H24N2S/c1-11(2)9-17-10-14(16-15)8-13-6-4-12(3)5-7-13/h4-7,11,14,16H,8-10,15H2,1-3H3. The van der Waals surface area contributed by atoms with Crippen molar-refractivity contribution in [2.75, 3.05) is 11.5 Å². The maximum Gasteiger partial charge on any atom is 0.0341 e. The van der Waals surface area contributed by atoms with Crippen LogP contribution in [0.5, 0.6) is 0 Å². The van der Waals surface area contributed by atoms with Gasteiger partial charge in [0.15, 0.2) is 0 Å². The third-order valence-corrected chi connectivity index (χ3v) is 4.15. The molecule has 0 aliphatic rings. The van der Waals surface area contributed by atoms with Gasteiger partial charge in [-0.25, -0.2) is 0 Å². The quantitative estimate of drug-likeness (QED) is 0.579. The van der Waals surface area contributed by atoms with Crippen LogP contribution in [0, 0.1) is 12.8 Å². The van der Waals surface area contributed by atoms with E-state index in [-0.39, 0.29) is 0 Å². The Morgan fingerprint density at radius 1 is 1.18 bits per heavy atom. The smallest absolute Gasteiger partial charge is 0.0341 e. The minimum absolute atomic E-state index is 0.362. The Morgan fingerprint density at radius 3 is 2.35 bits per heavy atom. The summed E-state index contributed by atoms with van der Waals surface area (Å²) in [6.45, 7) is 6.61. The van der Waals surface area contributed by atoms with E-state index in [9.17, 15) is 0 Å². The van der Waals surface area contributed by atoms with Crippen LogP contribution < -0.4 is 11.3 Å². The number of nitrogens with two attached hydrogens (primary N) is 1. The van der Waals surface area contributed by atoms with Crippen molar-refractivity contribution in [1.29, 1.82) is 0 Å². The number of nitrogens with one attached hydrogen (secondary N) is 1. The second kappa shape index (κ2) is 7.75. The monoisotopic (exact) mass is 252 g/mol. The van der Waals surface area contributed by atoms with E-state index in [1.54, 1.807) is 0 Å². The van der Waals surface area contributed by atoms with Gasteiger partial charge < -0.3 is 0 Å². The van der Waals surface area contributed by atoms with Crippen molar-refractivity contribution in [2.45, 2.75) is 33.2 Å². The van der Waals surface area contributed by atoms with E-state index in [0.29, 0.717) is 6.04 Å². The van der Waals surface area contributed by atoms with Crippen molar-refractivity contribution < 1.29 is 0 Å². The lowest BCUT2D eigenvalue weighted by Gasteiger charge is -2.16. The van der Waals surface area contributed by atoms with E-state index in [1.807, 2.05) is 11.8 Å². The van der Waals surface area contributed by atoms with Crippen molar-refractivity contribution >= 4 is 11.8 Å². The molecule has 0 amide bonds. The fourth-order valence-electron chi connectivity index (χ4n) is 1.62. The first kappa shape index (κ1) is 14.6. The Kier molecular flexibility index (Phi) is 6.63. The molecule has 0 aromatic heterocycles. The molecule has 0 heterocycles. The van der Waals surface area contributed by atoms with E-state index >= 15 is 0 Å². The van der Waals surface area contributed by atoms with Crippen LogP contribution >= 0.6 is 11.8 Å². The zero-order valence-electron chi connectivity index (χ0n) is 11.1. The highest BCUT2D eigenvalue weighted by Crippen LogP contribution is 2.12. The molecular weight excluding hydrogens is 228 g/mol. The van der Waals surface area contributed by atoms with E-state index in [1.165, 1.54) is 16.9 Å². The first-order valence-corrected chi connectivity index (χ1v) is 7.36. The van der Waals surface area contributed by atoms with E-state index in [4.69, 9.17) is 5.84 Å². The summed E-state index contributed by atoms with van der Waals surface area (Å²) in [6, 6.07) is 9.05. The summed E-state index contributed by atoms with van der Waals surface area (Å²) in [6.07, 6.45) is 1.00. The number of benzene rings is 1. The number of hydrogen-bond acceptors (Lipinski definition) is 3. The number of aryl methyl sites for hydroxylation is 1. The number of hydrazine groups is 1. The molecular formula is C14H24N2S. The Bertz CT molecular complexity index is 309. The van der Waals surface area contributed by atoms with Crippen LogP contribution in [-0.4, -0.2) is 17.5 Å². The Labute approximate surface area is 109 Å². The highest BCUT2D eigenvalue weighted by Gasteiger charge is 2.08. The fraction of sp³-hybridized carbons (Fsp3) is 0.571. The highest BCUT2D eigenvalue weighted by molar-refractivity contribution is 7.99. The number of thioether (sulfide) groups is 1. The molecule has 0 saturated heterocycles. The van der Waals surface area contributed by atoms with E-state index in [0.717, 1.165) is 18.1 Å². The molecule has 3 N–H and O–H groups in total. The zero-order chi connectivity index (χ0) is 12.7. The Morgan fingerprint density at radius 2 is 1.82 bits per heavy atom. The van der Waals surface area contributed by atoms with Gasteiger partial charge in [-0.3, -0.25) is 11.3 Å². The second-order valence-corrected chi connectivity index (χ2v) is 6.06. The Balaban J connectivity index is 2.38. The van der Waals surface area contributed by atoms with Crippen molar-refractivity contribution in [3.05, 3.63) is 35.4 Å². The van der Waals surface area contributed by atoms with E-state index in [2.05, 4.69) is 50.5 Å². The summed E-state index contributed by atoms with van der Waals surface area (Å²) < 4.78 is 0. The molecule has 0 aliphatic heterocycles. The molecule has 1 unspecified atom stereocenters. The molecule has 0 fully saturated rings. The molecule has 0 saturated carbocycles. The van der Waals surface area contributed by atoms with Gasteiger partial charge in [0, 0.05) is 11.8 Å². The molecule has 0 bridgehead atoms. The highest BCUT2D eigenvalue weighted by atomic mass is 32.2. The maximum atomic E-state index is 5.60. The summed E-state index contributed by atoms with van der Waals surface area (Å²) in [5.41, 5.74) is 5.57. The van der Waals surface area contributed by atoms with Crippen molar-refractivity contribution in [2.24, 2.45) is 11.8 Å². The van der Waals surface area contributed by atoms with Gasteiger partial charge >= 0.3 is 0 Å². The average Bonchev–Trinajstić information content (AvgIpc) is 2.30. The van der Waals surface area contributed by atoms with Gasteiger partial charge in [-0.1, -0.05) is 43.7 Å². The molecule has 0 spiro atoms. The van der Waals surface area contributed by atoms with Gasteiger partial charge in [0.25, 0.3) is 0 Å². The second-order valence-electron chi connectivity index (χ2n) is 4.98. The van der Waals surface area contributed by atoms with Crippen LogP contribution in [0.3, 0.4) is 0 Å². The average molecular weight is 252 g/mol. The summed E-state index contributed by atoms with van der Waals surface area (Å²) in [4.78, 5) is 0. The predicted molar refractivity (Wildman–Crippen MR) is 78.2 cm³/mol. The van der Waals surface area contributed by atoms with Crippen molar-refractivity contribution in [3.8, 4) is 0 Å². The normalized spacial score (nSPS) is 13.0. The molecule has 1 aromatic carbocycles. The fourth-order valence-corrected chi connectivity index (χ4v) is 2.73. The van der Waals surface area contributed by atoms with Crippen molar-refractivity contribution in [3.63, 3.8) is 0 Å². The molecule has 2 nitrogen and oxygen atoms in total. The van der Waals surface area contributed by atoms with Crippen LogP contribution in [0.25, 0.3) is 0 Å². The number of rotatable bonds is 7. The molecule has 1 atom stereocenters. The largest absolute Gasteiger partial charge is 0.271 e. The molecule has 0 aliphatic carbocycles. The first-order valence-electron chi connectivity index (χ1n) is 6.21. The van der Waals surface area contributed by atoms with Crippen LogP contribution in [-0.2, 0) is 6.42 Å². The molecule has 1 rings (SSSR count). The number of hydrogen-bond donors (Lipinski definition) is 2. The van der Waals surface area contributed by atoms with Gasteiger partial charge in [-0.05, 0) is 30.6 Å². The summed E-state index contributed by atoms with van der Waals surface area (Å²) >= 11 is 1.97. The molecule has 1 aromatic rings. The van der Waals surface area contributed by atoms with Gasteiger partial charge in [0.2, 0.25) is 0 Å². The van der Waals surface area contributed by atoms with Gasteiger partial charge in [0.1, 0.15) is 0 Å². The van der Waals surface area contributed by atoms with Crippen LogP contribution in [0.1, 0.15) is 25.0 Å². The minimum Gasteiger partial charge on any atom is -0.271 e. The topological polar surface area (TPSA) is 38.0 Å². The minimum atomic E-state index is 0.362. The molecule has 3 heteroatoms. The van der Waals surface area contributed by atoms with Crippen LogP contribution in [0.2, 0.25) is 0 Å². The Hall–Kier alpha value is -0.510. The molecule has 0 radical (unpaired) electrons. The molecule has 17 heavy (non-hydrogen) atoms. The lowest BCUT2D eigenvalue weighted by molar-refractivity contribution is 0.574. The van der Waals surface area contributed by atoms with Crippen molar-refractivity contribution in [1.82, 2.24) is 5.43 Å². The van der Waals surface area contributed by atoms with Crippen LogP contribution in [0.4, 0.5) is 0 Å². The van der Waals surface area contributed by atoms with Gasteiger partial charge in [-0.2, -0.15) is 11.8 Å². The zero-order valence-corrected chi connectivity index (χ0v) is 11.9. The summed E-state index contributed by atoms with van der Waals surface area (Å²) in [5.74, 6) is 8.62. The third kappa shape index (κ3) is 6.10. The lowest BCUT2D eigenvalue weighted by atomic mass is 10.1. The van der Waals surface area contributed by atoms with Gasteiger partial charge in [0.05, 0.1) is 0 Å². The summed E-state index contributed by atoms with van der Waals surface area (Å²) in [7, 11) is 0. The molecule has 96 valence electrons.